The van der Waals surface area contributed by atoms with Crippen molar-refractivity contribution >= 4 is 11.6 Å². The predicted molar refractivity (Wildman–Crippen MR) is 52.5 cm³/mol. The van der Waals surface area contributed by atoms with Gasteiger partial charge in [0.2, 0.25) is 0 Å². The fraction of sp³-hybridized carbons (Fsp3) is 0.800. The lowest BCUT2D eigenvalue weighted by Gasteiger charge is -2.32. The highest BCUT2D eigenvalue weighted by molar-refractivity contribution is 6.19. The number of halogens is 1. The molecule has 12 heavy (non-hydrogen) atoms. The highest BCUT2D eigenvalue weighted by atomic mass is 35.5. The van der Waals surface area contributed by atoms with Gasteiger partial charge in [0.25, 0.3) is 0 Å². The van der Waals surface area contributed by atoms with Gasteiger partial charge in [0.15, 0.2) is 0 Å². The lowest BCUT2D eigenvalue weighted by atomic mass is 9.81. The van der Waals surface area contributed by atoms with Crippen molar-refractivity contribution in [2.75, 3.05) is 5.88 Å². The van der Waals surface area contributed by atoms with E-state index in [1.807, 2.05) is 0 Å². The van der Waals surface area contributed by atoms with Gasteiger partial charge in [-0.15, -0.1) is 11.6 Å². The van der Waals surface area contributed by atoms with Crippen LogP contribution in [0.5, 0.6) is 0 Å². The summed E-state index contributed by atoms with van der Waals surface area (Å²) in [5, 5.41) is 10.1. The topological polar surface area (TPSA) is 20.2 Å². The summed E-state index contributed by atoms with van der Waals surface area (Å²) in [5.74, 6) is 0.475. The van der Waals surface area contributed by atoms with Gasteiger partial charge in [-0.1, -0.05) is 31.4 Å². The van der Waals surface area contributed by atoms with Crippen molar-refractivity contribution in [1.82, 2.24) is 0 Å². The highest BCUT2D eigenvalue weighted by Crippen LogP contribution is 2.32. The minimum absolute atomic E-state index is 0.475. The van der Waals surface area contributed by atoms with Crippen LogP contribution in [-0.2, 0) is 0 Å². The molecule has 1 aliphatic rings. The molecule has 1 aliphatic carbocycles. The van der Waals surface area contributed by atoms with Crippen LogP contribution in [0, 0.1) is 0 Å². The lowest BCUT2D eigenvalue weighted by Crippen LogP contribution is -2.31. The van der Waals surface area contributed by atoms with Gasteiger partial charge >= 0.3 is 0 Å². The van der Waals surface area contributed by atoms with Crippen molar-refractivity contribution in [3.63, 3.8) is 0 Å². The second-order valence-electron chi connectivity index (χ2n) is 3.85. The van der Waals surface area contributed by atoms with E-state index < -0.39 is 5.60 Å². The Hall–Kier alpha value is -0.0100. The van der Waals surface area contributed by atoms with Gasteiger partial charge in [0.05, 0.1) is 5.60 Å². The Morgan fingerprint density at radius 3 is 2.42 bits per heavy atom. The zero-order valence-electron chi connectivity index (χ0n) is 7.48. The molecule has 0 atom stereocenters. The molecule has 0 unspecified atom stereocenters. The Morgan fingerprint density at radius 2 is 1.92 bits per heavy atom. The first-order valence-corrected chi connectivity index (χ1v) is 5.15. The lowest BCUT2D eigenvalue weighted by molar-refractivity contribution is 0.00476. The minimum Gasteiger partial charge on any atom is -0.390 e. The summed E-state index contributed by atoms with van der Waals surface area (Å²) in [6.07, 6.45) is 6.08. The average Bonchev–Trinajstić information content (AvgIpc) is 2.05. The Balaban J connectivity index is 2.41. The zero-order valence-corrected chi connectivity index (χ0v) is 8.24. The van der Waals surface area contributed by atoms with Gasteiger partial charge in [-0.25, -0.2) is 0 Å². The van der Waals surface area contributed by atoms with Gasteiger partial charge in [-0.05, 0) is 19.3 Å². The van der Waals surface area contributed by atoms with Crippen LogP contribution in [0.4, 0.5) is 0 Å². The number of aliphatic hydroxyl groups is 1. The SMILES string of the molecule is C=C(CCl)CC1(O)CCCCC1. The molecule has 1 nitrogen and oxygen atoms in total. The molecule has 0 heterocycles. The summed E-state index contributed by atoms with van der Waals surface area (Å²) in [4.78, 5) is 0. The monoisotopic (exact) mass is 188 g/mol. The zero-order chi connectivity index (χ0) is 9.03. The third kappa shape index (κ3) is 2.80. The van der Waals surface area contributed by atoms with Crippen molar-refractivity contribution in [3.05, 3.63) is 12.2 Å². The average molecular weight is 189 g/mol. The van der Waals surface area contributed by atoms with Crippen LogP contribution in [-0.4, -0.2) is 16.6 Å². The van der Waals surface area contributed by atoms with Gasteiger partial charge in [-0.3, -0.25) is 0 Å². The first kappa shape index (κ1) is 10.1. The van der Waals surface area contributed by atoms with E-state index >= 15 is 0 Å². The molecule has 0 bridgehead atoms. The van der Waals surface area contributed by atoms with Gasteiger partial charge < -0.3 is 5.11 Å². The summed E-state index contributed by atoms with van der Waals surface area (Å²) in [7, 11) is 0. The van der Waals surface area contributed by atoms with Crippen LogP contribution in [0.3, 0.4) is 0 Å². The molecule has 0 aliphatic heterocycles. The maximum absolute atomic E-state index is 10.1. The standard InChI is InChI=1S/C10H17ClO/c1-9(8-11)7-10(12)5-3-2-4-6-10/h12H,1-8H2. The van der Waals surface area contributed by atoms with Crippen molar-refractivity contribution in [1.29, 1.82) is 0 Å². The first-order chi connectivity index (χ1) is 5.66. The molecular formula is C10H17ClO. The maximum Gasteiger partial charge on any atom is 0.0685 e. The van der Waals surface area contributed by atoms with Crippen molar-refractivity contribution in [3.8, 4) is 0 Å². The molecule has 0 radical (unpaired) electrons. The smallest absolute Gasteiger partial charge is 0.0685 e. The van der Waals surface area contributed by atoms with Crippen molar-refractivity contribution in [2.45, 2.75) is 44.1 Å². The quantitative estimate of drug-likeness (QED) is 0.534. The van der Waals surface area contributed by atoms with Crippen LogP contribution in [0.15, 0.2) is 12.2 Å². The fourth-order valence-electron chi connectivity index (χ4n) is 1.90. The molecule has 0 aromatic heterocycles. The number of rotatable bonds is 3. The minimum atomic E-state index is -0.482. The van der Waals surface area contributed by atoms with Gasteiger partial charge in [0.1, 0.15) is 0 Å². The normalized spacial score (nSPS) is 22.2. The van der Waals surface area contributed by atoms with E-state index in [-0.39, 0.29) is 0 Å². The molecular weight excluding hydrogens is 172 g/mol. The Morgan fingerprint density at radius 1 is 1.33 bits per heavy atom. The molecule has 1 saturated carbocycles. The first-order valence-electron chi connectivity index (χ1n) is 4.61. The molecule has 1 fully saturated rings. The molecule has 1 rings (SSSR count). The largest absolute Gasteiger partial charge is 0.390 e. The van der Waals surface area contributed by atoms with Crippen LogP contribution in [0.1, 0.15) is 38.5 Å². The van der Waals surface area contributed by atoms with E-state index in [1.54, 1.807) is 0 Å². The predicted octanol–water partition coefficient (Wildman–Crippen LogP) is 2.87. The number of alkyl halides is 1. The van der Waals surface area contributed by atoms with Crippen LogP contribution in [0.25, 0.3) is 0 Å². The van der Waals surface area contributed by atoms with Crippen molar-refractivity contribution in [2.24, 2.45) is 0 Å². The maximum atomic E-state index is 10.1. The molecule has 70 valence electrons. The Labute approximate surface area is 79.4 Å². The molecule has 0 aromatic rings. The molecule has 1 N–H and O–H groups in total. The van der Waals surface area contributed by atoms with Gasteiger partial charge in [0, 0.05) is 5.88 Å². The summed E-state index contributed by atoms with van der Waals surface area (Å²) in [6, 6.07) is 0. The number of hydrogen-bond acceptors (Lipinski definition) is 1. The molecule has 2 heteroatoms. The van der Waals surface area contributed by atoms with Gasteiger partial charge in [-0.2, -0.15) is 0 Å². The third-order valence-corrected chi connectivity index (χ3v) is 2.93. The Bertz CT molecular complexity index is 159. The van der Waals surface area contributed by atoms with Crippen LogP contribution < -0.4 is 0 Å². The summed E-state index contributed by atoms with van der Waals surface area (Å²) in [6.45, 7) is 3.82. The van der Waals surface area contributed by atoms with E-state index in [0.717, 1.165) is 31.3 Å². The third-order valence-electron chi connectivity index (χ3n) is 2.55. The highest BCUT2D eigenvalue weighted by Gasteiger charge is 2.29. The van der Waals surface area contributed by atoms with E-state index in [4.69, 9.17) is 11.6 Å². The van der Waals surface area contributed by atoms with Crippen LogP contribution in [0.2, 0.25) is 0 Å². The second-order valence-corrected chi connectivity index (χ2v) is 4.11. The van der Waals surface area contributed by atoms with Crippen molar-refractivity contribution < 1.29 is 5.11 Å². The fourth-order valence-corrected chi connectivity index (χ4v) is 1.99. The van der Waals surface area contributed by atoms with Crippen LogP contribution >= 0.6 is 11.6 Å². The van der Waals surface area contributed by atoms with E-state index in [1.165, 1.54) is 6.42 Å². The van der Waals surface area contributed by atoms with E-state index in [2.05, 4.69) is 6.58 Å². The second kappa shape index (κ2) is 4.29. The Kier molecular flexibility index (Phi) is 3.60. The molecule has 0 saturated heterocycles. The number of hydrogen-bond donors (Lipinski definition) is 1. The van der Waals surface area contributed by atoms with E-state index in [9.17, 15) is 5.11 Å². The summed E-state index contributed by atoms with van der Waals surface area (Å²) < 4.78 is 0. The van der Waals surface area contributed by atoms with E-state index in [0.29, 0.717) is 12.3 Å². The molecule has 0 amide bonds. The summed E-state index contributed by atoms with van der Waals surface area (Å²) in [5.41, 5.74) is 0.477. The molecule has 0 aromatic carbocycles. The summed E-state index contributed by atoms with van der Waals surface area (Å²) >= 11 is 5.62. The molecule has 0 spiro atoms.